The molecule has 0 fully saturated rings. The van der Waals surface area contributed by atoms with E-state index in [2.05, 4.69) is 60.7 Å². The lowest BCUT2D eigenvalue weighted by Crippen LogP contribution is -2.36. The van der Waals surface area contributed by atoms with E-state index in [4.69, 9.17) is 14.1 Å². The molecule has 0 aliphatic rings. The Labute approximate surface area is 302 Å². The molecule has 2 unspecified atom stereocenters. The van der Waals surface area contributed by atoms with Crippen LogP contribution in [0.3, 0.4) is 0 Å². The molecule has 0 saturated carbocycles. The van der Waals surface area contributed by atoms with Crippen LogP contribution in [0.1, 0.15) is 76.7 Å². The monoisotopic (exact) mass is 714 g/mol. The number of hydrogen-bond donors (Lipinski definition) is 0. The largest absolute Gasteiger partial charge is 0.489 e. The highest BCUT2D eigenvalue weighted by atomic mass is 32.2. The van der Waals surface area contributed by atoms with Gasteiger partial charge in [0, 0.05) is 41.5 Å². The fourth-order valence-corrected chi connectivity index (χ4v) is 7.20. The van der Waals surface area contributed by atoms with E-state index in [1.54, 1.807) is 12.4 Å². The molecule has 5 rings (SSSR count). The minimum Gasteiger partial charge on any atom is -0.489 e. The normalized spacial score (nSPS) is 13.1. The van der Waals surface area contributed by atoms with E-state index in [0.29, 0.717) is 13.1 Å². The third kappa shape index (κ3) is 9.95. The van der Waals surface area contributed by atoms with Crippen molar-refractivity contribution in [2.45, 2.75) is 92.0 Å². The maximum atomic E-state index is 13.7. The van der Waals surface area contributed by atoms with Gasteiger partial charge < -0.3 is 14.1 Å². The summed E-state index contributed by atoms with van der Waals surface area (Å²) >= 11 is 0. The average molecular weight is 715 g/mol. The average Bonchev–Trinajstić information content (AvgIpc) is 3.57. The van der Waals surface area contributed by atoms with Gasteiger partial charge in [0.1, 0.15) is 51.7 Å². The number of aryl methyl sites for hydroxylation is 1. The number of fused-ring (bicyclic) bond motifs is 1. The molecule has 5 aromatic rings. The maximum absolute atomic E-state index is 13.7. The zero-order valence-electron chi connectivity index (χ0n) is 30.7. The second-order valence-electron chi connectivity index (χ2n) is 13.5. The summed E-state index contributed by atoms with van der Waals surface area (Å²) in [5.41, 5.74) is 4.50. The van der Waals surface area contributed by atoms with Crippen LogP contribution in [0, 0.1) is 12.7 Å². The lowest BCUT2D eigenvalue weighted by molar-refractivity contribution is 0.187. The van der Waals surface area contributed by atoms with Gasteiger partial charge >= 0.3 is 0 Å². The highest BCUT2D eigenvalue weighted by Crippen LogP contribution is 2.38. The van der Waals surface area contributed by atoms with E-state index in [1.807, 2.05) is 43.3 Å². The van der Waals surface area contributed by atoms with Crippen molar-refractivity contribution in [3.05, 3.63) is 102 Å². The van der Waals surface area contributed by atoms with Crippen LogP contribution >= 0.6 is 0 Å². The summed E-state index contributed by atoms with van der Waals surface area (Å²) in [4.78, 5) is 14.0. The molecule has 272 valence electrons. The topological polar surface area (TPSA) is 88.8 Å². The number of benzene rings is 3. The van der Waals surface area contributed by atoms with Crippen LogP contribution in [0.2, 0.25) is 0 Å². The van der Waals surface area contributed by atoms with Crippen LogP contribution < -0.4 is 9.64 Å². The Balaban J connectivity index is 1.47. The van der Waals surface area contributed by atoms with E-state index < -0.39 is 9.84 Å². The van der Waals surface area contributed by atoms with E-state index >= 15 is 0 Å². The lowest BCUT2D eigenvalue weighted by atomic mass is 10.0. The number of halogens is 1. The fraction of sp³-hybridized carbons (Fsp3) is 0.415. The summed E-state index contributed by atoms with van der Waals surface area (Å²) in [5, 5.41) is 0.915. The van der Waals surface area contributed by atoms with Gasteiger partial charge in [0.25, 0.3) is 0 Å². The Morgan fingerprint density at radius 1 is 0.941 bits per heavy atom. The number of ether oxygens (including phenoxy) is 1. The van der Waals surface area contributed by atoms with Crippen molar-refractivity contribution in [3.63, 3.8) is 0 Å². The highest BCUT2D eigenvalue weighted by molar-refractivity contribution is 7.90. The van der Waals surface area contributed by atoms with Crippen LogP contribution in [0.5, 0.6) is 5.75 Å². The third-order valence-corrected chi connectivity index (χ3v) is 10.3. The number of hydrogen-bond acceptors (Lipinski definition) is 8. The lowest BCUT2D eigenvalue weighted by Gasteiger charge is -2.33. The highest BCUT2D eigenvalue weighted by Gasteiger charge is 2.24. The Kier molecular flexibility index (Phi) is 12.9. The molecule has 2 aromatic heterocycles. The van der Waals surface area contributed by atoms with Crippen molar-refractivity contribution in [1.29, 1.82) is 0 Å². The van der Waals surface area contributed by atoms with Gasteiger partial charge in [-0.3, -0.25) is 4.90 Å². The first kappa shape index (κ1) is 38.0. The number of sulfone groups is 1. The molecule has 8 nitrogen and oxygen atoms in total. The van der Waals surface area contributed by atoms with Crippen molar-refractivity contribution < 1.29 is 22.0 Å². The summed E-state index contributed by atoms with van der Waals surface area (Å²) in [6, 6.07) is 23.1. The molecule has 3 aromatic carbocycles. The van der Waals surface area contributed by atoms with Gasteiger partial charge in [0.15, 0.2) is 0 Å². The predicted molar refractivity (Wildman–Crippen MR) is 205 cm³/mol. The number of aromatic nitrogens is 2. The van der Waals surface area contributed by atoms with Crippen LogP contribution in [0.4, 0.5) is 15.9 Å². The fourth-order valence-electron chi connectivity index (χ4n) is 6.63. The molecule has 0 radical (unpaired) electrons. The van der Waals surface area contributed by atoms with Crippen LogP contribution in [-0.4, -0.2) is 53.9 Å². The third-order valence-electron chi connectivity index (χ3n) is 9.41. The molecule has 51 heavy (non-hydrogen) atoms. The first-order chi connectivity index (χ1) is 24.5. The van der Waals surface area contributed by atoms with Crippen molar-refractivity contribution in [2.24, 2.45) is 0 Å². The van der Waals surface area contributed by atoms with Gasteiger partial charge in [-0.05, 0) is 105 Å². The second-order valence-corrected chi connectivity index (χ2v) is 15.8. The number of nitrogens with zero attached hydrogens (tertiary/aromatic N) is 4. The minimum absolute atomic E-state index is 0.111. The summed E-state index contributed by atoms with van der Waals surface area (Å²) in [5.74, 6) is 2.92. The number of anilines is 2. The van der Waals surface area contributed by atoms with E-state index in [9.17, 15) is 12.8 Å². The maximum Gasteiger partial charge on any atom is 0.148 e. The van der Waals surface area contributed by atoms with Crippen LogP contribution in [0.25, 0.3) is 22.2 Å². The van der Waals surface area contributed by atoms with Crippen molar-refractivity contribution in [3.8, 4) is 17.1 Å². The van der Waals surface area contributed by atoms with E-state index in [-0.39, 0.29) is 30.3 Å². The van der Waals surface area contributed by atoms with Gasteiger partial charge in [-0.25, -0.2) is 22.8 Å². The van der Waals surface area contributed by atoms with Crippen molar-refractivity contribution in [2.75, 3.05) is 23.5 Å². The first-order valence-corrected chi connectivity index (χ1v) is 20.1. The Bertz CT molecular complexity index is 2010. The molecule has 0 aliphatic carbocycles. The Hall–Kier alpha value is -4.28. The predicted octanol–water partition coefficient (Wildman–Crippen LogP) is 9.67. The summed E-state index contributed by atoms with van der Waals surface area (Å²) in [6.45, 7) is 12.0. The quantitative estimate of drug-likeness (QED) is 0.0887. The Morgan fingerprint density at radius 3 is 2.45 bits per heavy atom. The molecule has 0 spiro atoms. The van der Waals surface area contributed by atoms with Gasteiger partial charge in [-0.15, -0.1) is 0 Å². The SMILES string of the molecule is CCCC(C)N(CCS(C)(=O)=O)Cc1ccc(-c2ccc3ncnc(N(c4ccc(OCc5cccc(F)c5)c(C)c4)C(CC)CCC)c3c2)o1. The summed E-state index contributed by atoms with van der Waals surface area (Å²) in [7, 11) is -3.09. The van der Waals surface area contributed by atoms with Crippen molar-refractivity contribution in [1.82, 2.24) is 14.9 Å². The van der Waals surface area contributed by atoms with Gasteiger partial charge in [-0.1, -0.05) is 45.7 Å². The molecule has 0 N–H and O–H groups in total. The van der Waals surface area contributed by atoms with Crippen LogP contribution in [0.15, 0.2) is 83.5 Å². The summed E-state index contributed by atoms with van der Waals surface area (Å²) < 4.78 is 50.2. The molecule has 10 heteroatoms. The van der Waals surface area contributed by atoms with Gasteiger partial charge in [0.2, 0.25) is 0 Å². The minimum atomic E-state index is -3.09. The zero-order chi connectivity index (χ0) is 36.5. The number of furan rings is 1. The van der Waals surface area contributed by atoms with Crippen molar-refractivity contribution >= 4 is 32.2 Å². The standard InChI is InChI=1S/C41H51FN4O4S/c1-7-11-30(5)45(21-22-51(6,47)48)26-36-17-20-40(50-36)32-15-18-38-37(25-32)41(44-28-43-38)46(34(9-3)12-8-2)35-16-19-39(29(4)23-35)49-27-31-13-10-14-33(42)24-31/h10,13-20,23-25,28,30,34H,7-9,11-12,21-22,26-27H2,1-6H3. The molecule has 2 heterocycles. The van der Waals surface area contributed by atoms with E-state index in [1.165, 1.54) is 18.4 Å². The smallest absolute Gasteiger partial charge is 0.148 e. The molecular weight excluding hydrogens is 664 g/mol. The van der Waals surface area contributed by atoms with Gasteiger partial charge in [0.05, 0.1) is 17.8 Å². The number of rotatable bonds is 18. The van der Waals surface area contributed by atoms with Gasteiger partial charge in [-0.2, -0.15) is 0 Å². The second kappa shape index (κ2) is 17.3. The Morgan fingerprint density at radius 2 is 1.75 bits per heavy atom. The first-order valence-electron chi connectivity index (χ1n) is 18.0. The molecule has 0 amide bonds. The molecular formula is C41H51FN4O4S. The van der Waals surface area contributed by atoms with Crippen LogP contribution in [-0.2, 0) is 23.0 Å². The zero-order valence-corrected chi connectivity index (χ0v) is 31.5. The molecule has 0 saturated heterocycles. The molecule has 0 aliphatic heterocycles. The van der Waals surface area contributed by atoms with E-state index in [0.717, 1.165) is 88.5 Å². The molecule has 2 atom stereocenters. The summed E-state index contributed by atoms with van der Waals surface area (Å²) in [6.07, 6.45) is 7.82. The molecule has 0 bridgehead atoms.